The molecule has 1 fully saturated rings. The van der Waals surface area contributed by atoms with Gasteiger partial charge in [-0.05, 0) is 25.5 Å². The monoisotopic (exact) mass is 255 g/mol. The van der Waals surface area contributed by atoms with Crippen molar-refractivity contribution in [3.8, 4) is 5.75 Å². The first-order valence-corrected chi connectivity index (χ1v) is 6.30. The Morgan fingerprint density at radius 1 is 1.39 bits per heavy atom. The van der Waals surface area contributed by atoms with E-state index in [1.165, 1.54) is 13.2 Å². The SMILES string of the molecule is COc1cccc(C(C)(F)F)c1C1CCCNC1. The van der Waals surface area contributed by atoms with Gasteiger partial charge in [-0.25, -0.2) is 8.78 Å². The Hall–Kier alpha value is -1.16. The standard InChI is InChI=1S/C14H19F2NO/c1-14(15,16)11-6-3-7-12(18-2)13(11)10-5-4-8-17-9-10/h3,6-7,10,17H,4-5,8-9H2,1-2H3. The van der Waals surface area contributed by atoms with Gasteiger partial charge in [-0.3, -0.25) is 0 Å². The van der Waals surface area contributed by atoms with Gasteiger partial charge in [0.1, 0.15) is 5.75 Å². The van der Waals surface area contributed by atoms with E-state index < -0.39 is 5.92 Å². The normalized spacial score (nSPS) is 20.8. The molecule has 2 nitrogen and oxygen atoms in total. The molecule has 1 aliphatic rings. The zero-order chi connectivity index (χ0) is 13.2. The van der Waals surface area contributed by atoms with E-state index in [1.807, 2.05) is 0 Å². The van der Waals surface area contributed by atoms with Gasteiger partial charge >= 0.3 is 0 Å². The summed E-state index contributed by atoms with van der Waals surface area (Å²) in [5.41, 5.74) is 0.759. The van der Waals surface area contributed by atoms with Crippen molar-refractivity contribution in [2.45, 2.75) is 31.6 Å². The molecule has 1 atom stereocenters. The summed E-state index contributed by atoms with van der Waals surface area (Å²) in [5, 5.41) is 3.26. The first kappa shape index (κ1) is 13.3. The third kappa shape index (κ3) is 2.64. The minimum absolute atomic E-state index is 0.0931. The zero-order valence-corrected chi connectivity index (χ0v) is 10.8. The molecular formula is C14H19F2NO. The highest BCUT2D eigenvalue weighted by atomic mass is 19.3. The average Bonchev–Trinajstić information content (AvgIpc) is 2.38. The summed E-state index contributed by atoms with van der Waals surface area (Å²) in [6.07, 6.45) is 1.94. The molecule has 2 rings (SSSR count). The molecule has 1 saturated heterocycles. The summed E-state index contributed by atoms with van der Waals surface area (Å²) < 4.78 is 32.7. The molecule has 1 N–H and O–H groups in total. The van der Waals surface area contributed by atoms with Crippen molar-refractivity contribution in [1.82, 2.24) is 5.32 Å². The topological polar surface area (TPSA) is 21.3 Å². The lowest BCUT2D eigenvalue weighted by Gasteiger charge is -2.28. The molecule has 1 aromatic carbocycles. The molecule has 18 heavy (non-hydrogen) atoms. The van der Waals surface area contributed by atoms with Crippen LogP contribution in [0.5, 0.6) is 5.75 Å². The molecule has 0 bridgehead atoms. The largest absolute Gasteiger partial charge is 0.496 e. The van der Waals surface area contributed by atoms with E-state index in [0.717, 1.165) is 32.9 Å². The third-order valence-electron chi connectivity index (χ3n) is 3.46. The molecule has 0 spiro atoms. The number of nitrogens with one attached hydrogen (secondary N) is 1. The van der Waals surface area contributed by atoms with Gasteiger partial charge in [0.25, 0.3) is 5.92 Å². The van der Waals surface area contributed by atoms with Crippen molar-refractivity contribution in [2.75, 3.05) is 20.2 Å². The van der Waals surface area contributed by atoms with E-state index in [4.69, 9.17) is 4.74 Å². The van der Waals surface area contributed by atoms with E-state index in [-0.39, 0.29) is 11.5 Å². The van der Waals surface area contributed by atoms with E-state index >= 15 is 0 Å². The van der Waals surface area contributed by atoms with Crippen molar-refractivity contribution in [2.24, 2.45) is 0 Å². The van der Waals surface area contributed by atoms with Gasteiger partial charge in [0.05, 0.1) is 7.11 Å². The molecule has 4 heteroatoms. The van der Waals surface area contributed by atoms with Crippen LogP contribution in [-0.2, 0) is 5.92 Å². The molecule has 0 aromatic heterocycles. The Kier molecular flexibility index (Phi) is 3.85. The molecule has 1 aliphatic heterocycles. The van der Waals surface area contributed by atoms with Crippen molar-refractivity contribution in [3.05, 3.63) is 29.3 Å². The summed E-state index contributed by atoms with van der Waals surface area (Å²) in [6.45, 7) is 2.65. The highest BCUT2D eigenvalue weighted by molar-refractivity contribution is 5.45. The minimum atomic E-state index is -2.83. The number of halogens is 2. The van der Waals surface area contributed by atoms with E-state index in [9.17, 15) is 8.78 Å². The number of benzene rings is 1. The Bertz CT molecular complexity index is 409. The summed E-state index contributed by atoms with van der Waals surface area (Å²) in [4.78, 5) is 0. The van der Waals surface area contributed by atoms with E-state index in [2.05, 4.69) is 5.32 Å². The average molecular weight is 255 g/mol. The number of piperidine rings is 1. The van der Waals surface area contributed by atoms with Gasteiger partial charge in [-0.1, -0.05) is 12.1 Å². The lowest BCUT2D eigenvalue weighted by molar-refractivity contribution is 0.0157. The Morgan fingerprint density at radius 3 is 2.72 bits per heavy atom. The zero-order valence-electron chi connectivity index (χ0n) is 10.8. The number of ether oxygens (including phenoxy) is 1. The van der Waals surface area contributed by atoms with Crippen LogP contribution in [0.1, 0.15) is 36.8 Å². The number of methoxy groups -OCH3 is 1. The predicted molar refractivity (Wildman–Crippen MR) is 67.4 cm³/mol. The van der Waals surface area contributed by atoms with Gasteiger partial charge in [0, 0.05) is 30.5 Å². The lowest BCUT2D eigenvalue weighted by atomic mass is 9.86. The van der Waals surface area contributed by atoms with Crippen molar-refractivity contribution >= 4 is 0 Å². The van der Waals surface area contributed by atoms with Gasteiger partial charge in [0.2, 0.25) is 0 Å². The Morgan fingerprint density at radius 2 is 2.17 bits per heavy atom. The van der Waals surface area contributed by atoms with E-state index in [0.29, 0.717) is 11.3 Å². The van der Waals surface area contributed by atoms with Crippen LogP contribution in [0.3, 0.4) is 0 Å². The molecule has 100 valence electrons. The lowest BCUT2D eigenvalue weighted by Crippen LogP contribution is -2.30. The maximum absolute atomic E-state index is 13.7. The van der Waals surface area contributed by atoms with Crippen LogP contribution in [0, 0.1) is 0 Å². The maximum Gasteiger partial charge on any atom is 0.270 e. The van der Waals surface area contributed by atoms with Gasteiger partial charge in [-0.2, -0.15) is 0 Å². The first-order valence-electron chi connectivity index (χ1n) is 6.30. The van der Waals surface area contributed by atoms with Crippen LogP contribution in [0.4, 0.5) is 8.78 Å². The second-order valence-corrected chi connectivity index (χ2v) is 4.85. The molecule has 0 radical (unpaired) electrons. The second kappa shape index (κ2) is 5.22. The highest BCUT2D eigenvalue weighted by Gasteiger charge is 2.32. The van der Waals surface area contributed by atoms with Crippen LogP contribution < -0.4 is 10.1 Å². The summed E-state index contributed by atoms with van der Waals surface area (Å²) in [6, 6.07) is 4.90. The highest BCUT2D eigenvalue weighted by Crippen LogP contribution is 2.40. The number of rotatable bonds is 3. The fourth-order valence-electron chi connectivity index (χ4n) is 2.62. The molecule has 1 aromatic rings. The molecule has 0 saturated carbocycles. The van der Waals surface area contributed by atoms with Gasteiger partial charge < -0.3 is 10.1 Å². The number of alkyl halides is 2. The molecule has 0 amide bonds. The first-order chi connectivity index (χ1) is 8.54. The number of hydrogen-bond donors (Lipinski definition) is 1. The molecule has 1 heterocycles. The van der Waals surface area contributed by atoms with Crippen molar-refractivity contribution in [1.29, 1.82) is 0 Å². The smallest absolute Gasteiger partial charge is 0.270 e. The van der Waals surface area contributed by atoms with Gasteiger partial charge in [0.15, 0.2) is 0 Å². The Balaban J connectivity index is 2.46. The van der Waals surface area contributed by atoms with Crippen LogP contribution >= 0.6 is 0 Å². The Labute approximate surface area is 106 Å². The van der Waals surface area contributed by atoms with Crippen molar-refractivity contribution < 1.29 is 13.5 Å². The predicted octanol–water partition coefficient (Wildman–Crippen LogP) is 3.27. The van der Waals surface area contributed by atoms with Crippen molar-refractivity contribution in [3.63, 3.8) is 0 Å². The minimum Gasteiger partial charge on any atom is -0.496 e. The fraction of sp³-hybridized carbons (Fsp3) is 0.571. The maximum atomic E-state index is 13.7. The van der Waals surface area contributed by atoms with Crippen LogP contribution in [-0.4, -0.2) is 20.2 Å². The van der Waals surface area contributed by atoms with Crippen LogP contribution in [0.15, 0.2) is 18.2 Å². The summed E-state index contributed by atoms with van der Waals surface area (Å²) in [7, 11) is 1.53. The summed E-state index contributed by atoms with van der Waals surface area (Å²) in [5.74, 6) is -2.15. The van der Waals surface area contributed by atoms with Crippen LogP contribution in [0.2, 0.25) is 0 Å². The molecule has 1 unspecified atom stereocenters. The second-order valence-electron chi connectivity index (χ2n) is 4.85. The van der Waals surface area contributed by atoms with E-state index in [1.54, 1.807) is 12.1 Å². The third-order valence-corrected chi connectivity index (χ3v) is 3.46. The van der Waals surface area contributed by atoms with Crippen LogP contribution in [0.25, 0.3) is 0 Å². The fourth-order valence-corrected chi connectivity index (χ4v) is 2.62. The molecule has 0 aliphatic carbocycles. The quantitative estimate of drug-likeness (QED) is 0.895. The summed E-state index contributed by atoms with van der Waals surface area (Å²) >= 11 is 0. The number of hydrogen-bond acceptors (Lipinski definition) is 2. The van der Waals surface area contributed by atoms with Gasteiger partial charge in [-0.15, -0.1) is 0 Å². The molecular weight excluding hydrogens is 236 g/mol.